The molecule has 158 valence electrons. The number of nitrogens with zero attached hydrogens (tertiary/aromatic N) is 1. The number of hydrogen-bond donors (Lipinski definition) is 0. The maximum Gasteiger partial charge on any atom is 0.144 e. The van der Waals surface area contributed by atoms with Gasteiger partial charge in [-0.3, -0.25) is 4.98 Å². The van der Waals surface area contributed by atoms with Crippen LogP contribution in [0.15, 0.2) is 89.5 Å². The third kappa shape index (κ3) is 2.39. The average Bonchev–Trinajstić information content (AvgIpc) is 3.32. The molecule has 6 aromatic rings. The van der Waals surface area contributed by atoms with Crippen LogP contribution < -0.4 is 0 Å². The lowest BCUT2D eigenvalue weighted by molar-refractivity contribution is 0.628. The number of aromatic nitrogens is 1. The van der Waals surface area contributed by atoms with E-state index in [1.165, 1.54) is 6.07 Å². The molecular formula is C30H20FNO. The first-order chi connectivity index (χ1) is 16.0. The molecule has 0 saturated carbocycles. The predicted molar refractivity (Wildman–Crippen MR) is 132 cm³/mol. The van der Waals surface area contributed by atoms with Gasteiger partial charge in [-0.15, -0.1) is 0 Å². The lowest BCUT2D eigenvalue weighted by atomic mass is 9.78. The van der Waals surface area contributed by atoms with Crippen molar-refractivity contribution in [1.29, 1.82) is 0 Å². The minimum absolute atomic E-state index is 0.215. The van der Waals surface area contributed by atoms with Crippen LogP contribution in [0.1, 0.15) is 25.0 Å². The second kappa shape index (κ2) is 6.29. The van der Waals surface area contributed by atoms with Gasteiger partial charge in [-0.05, 0) is 63.4 Å². The number of rotatable bonds is 1. The molecule has 4 aromatic carbocycles. The lowest BCUT2D eigenvalue weighted by Crippen LogP contribution is -2.17. The molecule has 7 rings (SSSR count). The van der Waals surface area contributed by atoms with Crippen LogP contribution in [0.2, 0.25) is 0 Å². The van der Waals surface area contributed by atoms with Gasteiger partial charge in [0, 0.05) is 27.9 Å². The van der Waals surface area contributed by atoms with Crippen LogP contribution >= 0.6 is 0 Å². The van der Waals surface area contributed by atoms with Crippen LogP contribution in [-0.4, -0.2) is 4.98 Å². The van der Waals surface area contributed by atoms with E-state index >= 15 is 0 Å². The van der Waals surface area contributed by atoms with E-state index in [1.54, 1.807) is 6.07 Å². The van der Waals surface area contributed by atoms with Gasteiger partial charge < -0.3 is 4.42 Å². The van der Waals surface area contributed by atoms with Crippen LogP contribution in [-0.2, 0) is 5.41 Å². The van der Waals surface area contributed by atoms with Crippen LogP contribution in [0, 0.1) is 5.82 Å². The highest BCUT2D eigenvalue weighted by Gasteiger charge is 2.40. The molecular weight excluding hydrogens is 409 g/mol. The van der Waals surface area contributed by atoms with Crippen LogP contribution in [0.4, 0.5) is 4.39 Å². The molecule has 0 unspecified atom stereocenters. The summed E-state index contributed by atoms with van der Waals surface area (Å²) in [6, 6.07) is 25.8. The first-order valence-corrected chi connectivity index (χ1v) is 11.2. The lowest BCUT2D eigenvalue weighted by Gasteiger charge is -2.25. The molecule has 0 radical (unpaired) electrons. The molecule has 0 N–H and O–H groups in total. The third-order valence-corrected chi connectivity index (χ3v) is 7.13. The zero-order valence-electron chi connectivity index (χ0n) is 18.3. The molecule has 1 aliphatic rings. The highest BCUT2D eigenvalue weighted by molar-refractivity contribution is 6.10. The Labute approximate surface area is 190 Å². The van der Waals surface area contributed by atoms with Crippen molar-refractivity contribution in [2.24, 2.45) is 0 Å². The molecule has 0 bridgehead atoms. The van der Waals surface area contributed by atoms with Gasteiger partial charge in [0.2, 0.25) is 0 Å². The van der Waals surface area contributed by atoms with E-state index in [4.69, 9.17) is 9.40 Å². The van der Waals surface area contributed by atoms with Crippen molar-refractivity contribution in [3.8, 4) is 22.4 Å². The second-order valence-electron chi connectivity index (χ2n) is 9.34. The molecule has 2 aromatic heterocycles. The minimum Gasteiger partial charge on any atom is -0.455 e. The smallest absolute Gasteiger partial charge is 0.144 e. The van der Waals surface area contributed by atoms with E-state index in [0.717, 1.165) is 66.2 Å². The standard InChI is InChI=1S/C30H20FNO/c1-30(2)26-20(13-11-17-10-12-18(31)16-24(17)26)21-14-15-32-28(27(21)30)23-8-5-7-22-19-6-3-4-9-25(19)33-29(22)23/h3-16H,1-2H3. The van der Waals surface area contributed by atoms with Gasteiger partial charge in [-0.2, -0.15) is 0 Å². The van der Waals surface area contributed by atoms with Crippen molar-refractivity contribution >= 4 is 32.7 Å². The highest BCUT2D eigenvalue weighted by Crippen LogP contribution is 2.54. The van der Waals surface area contributed by atoms with Crippen molar-refractivity contribution in [1.82, 2.24) is 4.98 Å². The molecule has 0 amide bonds. The van der Waals surface area contributed by atoms with E-state index < -0.39 is 0 Å². The molecule has 3 heteroatoms. The second-order valence-corrected chi connectivity index (χ2v) is 9.34. The number of halogens is 1. The minimum atomic E-state index is -0.351. The summed E-state index contributed by atoms with van der Waals surface area (Å²) in [4.78, 5) is 4.88. The number of hydrogen-bond acceptors (Lipinski definition) is 2. The van der Waals surface area contributed by atoms with Crippen molar-refractivity contribution < 1.29 is 8.81 Å². The monoisotopic (exact) mass is 429 g/mol. The molecule has 0 aliphatic heterocycles. The quantitative estimate of drug-likeness (QED) is 0.263. The maximum atomic E-state index is 14.3. The Hall–Kier alpha value is -3.98. The largest absolute Gasteiger partial charge is 0.455 e. The van der Waals surface area contributed by atoms with Crippen molar-refractivity contribution in [3.63, 3.8) is 0 Å². The normalized spacial score (nSPS) is 14.2. The Morgan fingerprint density at radius 3 is 2.42 bits per heavy atom. The van der Waals surface area contributed by atoms with Gasteiger partial charge >= 0.3 is 0 Å². The van der Waals surface area contributed by atoms with Gasteiger partial charge in [0.15, 0.2) is 0 Å². The Morgan fingerprint density at radius 1 is 0.727 bits per heavy atom. The molecule has 0 saturated heterocycles. The number of benzene rings is 4. The van der Waals surface area contributed by atoms with Crippen LogP contribution in [0.3, 0.4) is 0 Å². The SMILES string of the molecule is CC1(C)c2c(ccnc2-c2cccc3c2oc2ccccc23)-c2ccc3ccc(F)cc3c21. The fourth-order valence-corrected chi connectivity index (χ4v) is 5.77. The Kier molecular flexibility index (Phi) is 3.54. The molecule has 1 aliphatic carbocycles. The highest BCUT2D eigenvalue weighted by atomic mass is 19.1. The first-order valence-electron chi connectivity index (χ1n) is 11.2. The molecule has 0 spiro atoms. The summed E-state index contributed by atoms with van der Waals surface area (Å²) in [7, 11) is 0. The van der Waals surface area contributed by atoms with Gasteiger partial charge in [0.1, 0.15) is 17.0 Å². The first kappa shape index (κ1) is 18.6. The Balaban J connectivity index is 1.57. The predicted octanol–water partition coefficient (Wildman–Crippen LogP) is 8.25. The Bertz CT molecular complexity index is 1760. The average molecular weight is 429 g/mol. The molecule has 0 fully saturated rings. The van der Waals surface area contributed by atoms with Gasteiger partial charge in [-0.25, -0.2) is 4.39 Å². The van der Waals surface area contributed by atoms with E-state index in [0.29, 0.717) is 0 Å². The van der Waals surface area contributed by atoms with Crippen molar-refractivity contribution in [2.75, 3.05) is 0 Å². The number of furan rings is 1. The fourth-order valence-electron chi connectivity index (χ4n) is 5.77. The zero-order chi connectivity index (χ0) is 22.3. The summed E-state index contributed by atoms with van der Waals surface area (Å²) in [5.74, 6) is -0.215. The van der Waals surface area contributed by atoms with Crippen molar-refractivity contribution in [3.05, 3.63) is 102 Å². The number of para-hydroxylation sites is 2. The number of pyridine rings is 1. The fraction of sp³-hybridized carbons (Fsp3) is 0.100. The zero-order valence-corrected chi connectivity index (χ0v) is 18.3. The van der Waals surface area contributed by atoms with Crippen LogP contribution in [0.5, 0.6) is 0 Å². The van der Waals surface area contributed by atoms with Gasteiger partial charge in [0.05, 0.1) is 5.69 Å². The third-order valence-electron chi connectivity index (χ3n) is 7.13. The van der Waals surface area contributed by atoms with E-state index in [-0.39, 0.29) is 11.2 Å². The molecule has 2 nitrogen and oxygen atoms in total. The van der Waals surface area contributed by atoms with E-state index in [1.807, 2.05) is 30.5 Å². The maximum absolute atomic E-state index is 14.3. The topological polar surface area (TPSA) is 26.0 Å². The summed E-state index contributed by atoms with van der Waals surface area (Å²) in [5.41, 5.74) is 7.88. The van der Waals surface area contributed by atoms with Crippen molar-refractivity contribution in [2.45, 2.75) is 19.3 Å². The molecule has 33 heavy (non-hydrogen) atoms. The Morgan fingerprint density at radius 2 is 1.52 bits per heavy atom. The summed E-state index contributed by atoms with van der Waals surface area (Å²) >= 11 is 0. The summed E-state index contributed by atoms with van der Waals surface area (Å²) in [5, 5.41) is 4.20. The van der Waals surface area contributed by atoms with E-state index in [9.17, 15) is 4.39 Å². The summed E-state index contributed by atoms with van der Waals surface area (Å²) < 4.78 is 20.6. The summed E-state index contributed by atoms with van der Waals surface area (Å²) in [6.45, 7) is 4.43. The van der Waals surface area contributed by atoms with E-state index in [2.05, 4.69) is 56.3 Å². The van der Waals surface area contributed by atoms with Gasteiger partial charge in [-0.1, -0.05) is 62.4 Å². The van der Waals surface area contributed by atoms with Crippen LogP contribution in [0.25, 0.3) is 55.1 Å². The summed E-state index contributed by atoms with van der Waals surface area (Å²) in [6.07, 6.45) is 1.87. The number of fused-ring (bicyclic) bond motifs is 8. The molecule has 2 heterocycles. The molecule has 0 atom stereocenters. The van der Waals surface area contributed by atoms with Gasteiger partial charge in [0.25, 0.3) is 0 Å².